The van der Waals surface area contributed by atoms with Crippen molar-refractivity contribution in [2.24, 2.45) is 0 Å². The first-order valence-corrected chi connectivity index (χ1v) is 22.2. The maximum Gasteiger partial charge on any atom is 0.326 e. The van der Waals surface area contributed by atoms with Gasteiger partial charge in [-0.25, -0.2) is 9.59 Å². The van der Waals surface area contributed by atoms with Crippen molar-refractivity contribution in [2.75, 3.05) is 19.8 Å². The Labute approximate surface area is 378 Å². The van der Waals surface area contributed by atoms with Gasteiger partial charge in [-0.2, -0.15) is 0 Å². The van der Waals surface area contributed by atoms with Crippen LogP contribution in [0.2, 0.25) is 0 Å². The first-order chi connectivity index (χ1) is 30.8. The number of aliphatic hydroxyl groups excluding tert-OH is 2. The van der Waals surface area contributed by atoms with Crippen LogP contribution in [-0.4, -0.2) is 146 Å². The number of carboxylic acids is 4. The molecule has 0 aliphatic rings. The number of carbonyl (C=O) groups excluding carboxylic acids is 7. The number of Topliss-reactive ketones (excluding diaryl/α,β-unsaturated/α-hetero) is 1. The smallest absolute Gasteiger partial charge is 0.326 e. The minimum absolute atomic E-state index is 0.0873. The van der Waals surface area contributed by atoms with Crippen molar-refractivity contribution >= 4 is 65.1 Å². The fraction of sp³-hybridized carbons (Fsp3) is 0.738. The molecule has 0 aromatic rings. The average molecular weight is 931 g/mol. The molecule has 0 saturated heterocycles. The number of unbranched alkanes of at least 4 members (excludes halogenated alkanes) is 13. The average Bonchev–Trinajstić information content (AvgIpc) is 3.24. The first-order valence-electron chi connectivity index (χ1n) is 22.2. The molecule has 1 unspecified atom stereocenters. The van der Waals surface area contributed by atoms with E-state index in [4.69, 9.17) is 10.2 Å². The summed E-state index contributed by atoms with van der Waals surface area (Å²) in [6, 6.07) is -8.07. The molecule has 0 rings (SSSR count). The molecule has 0 aliphatic carbocycles. The fourth-order valence-corrected chi connectivity index (χ4v) is 6.35. The zero-order valence-corrected chi connectivity index (χ0v) is 37.2. The molecule has 0 spiro atoms. The molecule has 65 heavy (non-hydrogen) atoms. The Kier molecular flexibility index (Phi) is 32.5. The van der Waals surface area contributed by atoms with Gasteiger partial charge in [-0.05, 0) is 39.0 Å². The number of hydrogen-bond donors (Lipinski definition) is 12. The quantitative estimate of drug-likeness (QED) is 0.0360. The van der Waals surface area contributed by atoms with E-state index in [2.05, 4.69) is 31.9 Å². The number of aliphatic carboxylic acids is 4. The van der Waals surface area contributed by atoms with Gasteiger partial charge in [0.25, 0.3) is 0 Å². The van der Waals surface area contributed by atoms with Crippen molar-refractivity contribution in [3.8, 4) is 0 Å². The van der Waals surface area contributed by atoms with Crippen LogP contribution in [-0.2, 0) is 52.7 Å². The van der Waals surface area contributed by atoms with Crippen LogP contribution in [0.15, 0.2) is 0 Å². The SMILES string of the molecule is CC(=O)CNC(=O)[C@H](CO)NC(=O)[C@H](CCC(=O)O)NC(=O)[C@H](CO)NC(=O)CC[C@H](NC(=O)CCC(NC(=O)CCCCCCCCCCCCCCCCC(=O)O)C(=O)O)C(=O)O. The number of carbonyl (C=O) groups is 11. The Morgan fingerprint density at radius 2 is 0.692 bits per heavy atom. The molecular formula is C42H70N6O17. The first kappa shape index (κ1) is 59.3. The molecular weight excluding hydrogens is 860 g/mol. The van der Waals surface area contributed by atoms with Gasteiger partial charge in [-0.3, -0.25) is 43.2 Å². The minimum atomic E-state index is -1.74. The van der Waals surface area contributed by atoms with E-state index >= 15 is 0 Å². The Morgan fingerprint density at radius 1 is 0.369 bits per heavy atom. The second-order valence-electron chi connectivity index (χ2n) is 15.8. The summed E-state index contributed by atoms with van der Waals surface area (Å²) < 4.78 is 0. The molecule has 370 valence electrons. The van der Waals surface area contributed by atoms with Crippen LogP contribution in [0.1, 0.15) is 148 Å². The maximum atomic E-state index is 12.9. The van der Waals surface area contributed by atoms with Crippen molar-refractivity contribution < 1.29 is 83.4 Å². The number of hydrogen-bond acceptors (Lipinski definition) is 13. The van der Waals surface area contributed by atoms with Crippen molar-refractivity contribution in [1.29, 1.82) is 0 Å². The molecule has 5 atom stereocenters. The maximum absolute atomic E-state index is 12.9. The van der Waals surface area contributed by atoms with Crippen molar-refractivity contribution in [3.63, 3.8) is 0 Å². The lowest BCUT2D eigenvalue weighted by Gasteiger charge is -2.24. The van der Waals surface area contributed by atoms with Crippen LogP contribution in [0.3, 0.4) is 0 Å². The van der Waals surface area contributed by atoms with Gasteiger partial charge in [0.2, 0.25) is 35.4 Å². The third-order valence-corrected chi connectivity index (χ3v) is 10.1. The highest BCUT2D eigenvalue weighted by molar-refractivity contribution is 5.95. The van der Waals surface area contributed by atoms with Gasteiger partial charge in [-0.1, -0.05) is 77.0 Å². The predicted molar refractivity (Wildman–Crippen MR) is 230 cm³/mol. The molecule has 23 nitrogen and oxygen atoms in total. The summed E-state index contributed by atoms with van der Waals surface area (Å²) in [5.74, 6) is -11.1. The van der Waals surface area contributed by atoms with E-state index in [0.717, 1.165) is 77.0 Å². The van der Waals surface area contributed by atoms with Crippen LogP contribution in [0, 0.1) is 0 Å². The molecule has 6 amide bonds. The molecule has 0 aromatic heterocycles. The number of amides is 6. The number of carboxylic acid groups (broad SMARTS) is 4. The van der Waals surface area contributed by atoms with Gasteiger partial charge in [-0.15, -0.1) is 0 Å². The number of ketones is 1. The topological polar surface area (TPSA) is 381 Å². The van der Waals surface area contributed by atoms with Crippen LogP contribution in [0.5, 0.6) is 0 Å². The summed E-state index contributed by atoms with van der Waals surface area (Å²) >= 11 is 0. The molecule has 23 heteroatoms. The Bertz CT molecular complexity index is 1560. The summed E-state index contributed by atoms with van der Waals surface area (Å²) in [7, 11) is 0. The van der Waals surface area contributed by atoms with Crippen LogP contribution in [0.4, 0.5) is 0 Å². The summed E-state index contributed by atoms with van der Waals surface area (Å²) in [5, 5.41) is 69.5. The van der Waals surface area contributed by atoms with E-state index in [1.807, 2.05) is 0 Å². The van der Waals surface area contributed by atoms with Crippen LogP contribution in [0.25, 0.3) is 0 Å². The predicted octanol–water partition coefficient (Wildman–Crippen LogP) is 0.0208. The third kappa shape index (κ3) is 30.9. The van der Waals surface area contributed by atoms with Gasteiger partial charge >= 0.3 is 23.9 Å². The zero-order chi connectivity index (χ0) is 49.2. The normalized spacial score (nSPS) is 13.2. The zero-order valence-electron chi connectivity index (χ0n) is 37.2. The molecule has 0 aromatic carbocycles. The third-order valence-electron chi connectivity index (χ3n) is 10.1. The van der Waals surface area contributed by atoms with E-state index in [0.29, 0.717) is 6.42 Å². The van der Waals surface area contributed by atoms with Crippen molar-refractivity contribution in [2.45, 2.75) is 178 Å². The molecule has 0 saturated carbocycles. The highest BCUT2D eigenvalue weighted by Crippen LogP contribution is 2.14. The number of rotatable bonds is 40. The molecule has 0 heterocycles. The fourth-order valence-electron chi connectivity index (χ4n) is 6.35. The molecule has 0 radical (unpaired) electrons. The highest BCUT2D eigenvalue weighted by atomic mass is 16.4. The van der Waals surface area contributed by atoms with Gasteiger partial charge in [0.15, 0.2) is 0 Å². The largest absolute Gasteiger partial charge is 0.481 e. The lowest BCUT2D eigenvalue weighted by molar-refractivity contribution is -0.143. The molecule has 0 fully saturated rings. The van der Waals surface area contributed by atoms with Gasteiger partial charge in [0.05, 0.1) is 19.8 Å². The Morgan fingerprint density at radius 3 is 1.08 bits per heavy atom. The molecule has 0 aliphatic heterocycles. The monoisotopic (exact) mass is 930 g/mol. The highest BCUT2D eigenvalue weighted by Gasteiger charge is 2.31. The van der Waals surface area contributed by atoms with Crippen molar-refractivity contribution in [3.05, 3.63) is 0 Å². The Balaban J connectivity index is 4.80. The molecule has 12 N–H and O–H groups in total. The number of aliphatic hydroxyl groups is 2. The van der Waals surface area contributed by atoms with E-state index in [1.165, 1.54) is 13.3 Å². The van der Waals surface area contributed by atoms with Crippen LogP contribution >= 0.6 is 0 Å². The number of nitrogens with one attached hydrogen (secondary N) is 6. The van der Waals surface area contributed by atoms with E-state index in [1.54, 1.807) is 0 Å². The lowest BCUT2D eigenvalue weighted by atomic mass is 10.0. The van der Waals surface area contributed by atoms with Gasteiger partial charge in [0.1, 0.15) is 36.0 Å². The Hall–Kier alpha value is -5.71. The lowest BCUT2D eigenvalue weighted by Crippen LogP contribution is -2.58. The summed E-state index contributed by atoms with van der Waals surface area (Å²) in [6.45, 7) is -1.22. The van der Waals surface area contributed by atoms with Crippen LogP contribution < -0.4 is 31.9 Å². The summed E-state index contributed by atoms with van der Waals surface area (Å²) in [5.41, 5.74) is 0. The standard InChI is InChI=1S/C42H70N6O17/c1-27(51)24-43-38(59)31(25-49)48-39(60)28(20-23-37(57)58)47-40(61)32(26-50)46-35(54)22-19-30(42(64)65)45-34(53)21-18-29(41(62)63)44-33(52)16-14-12-10-8-6-4-2-3-5-7-9-11-13-15-17-36(55)56/h28-32,49-50H,2-26H2,1H3,(H,43,59)(H,44,52)(H,45,53)(H,46,54)(H,47,61)(H,48,60)(H,55,56)(H,57,58)(H,62,63)(H,64,65)/t28-,29?,30-,31-,32-/m0/s1. The van der Waals surface area contributed by atoms with E-state index in [9.17, 15) is 73.2 Å². The summed E-state index contributed by atoms with van der Waals surface area (Å²) in [6.07, 6.45) is 11.1. The second-order valence-corrected chi connectivity index (χ2v) is 15.8. The summed E-state index contributed by atoms with van der Waals surface area (Å²) in [4.78, 5) is 132. The second kappa shape index (κ2) is 35.6. The van der Waals surface area contributed by atoms with E-state index in [-0.39, 0.29) is 19.3 Å². The van der Waals surface area contributed by atoms with Crippen molar-refractivity contribution in [1.82, 2.24) is 31.9 Å². The van der Waals surface area contributed by atoms with Gasteiger partial charge < -0.3 is 62.5 Å². The molecule has 0 bridgehead atoms. The van der Waals surface area contributed by atoms with Gasteiger partial charge in [0, 0.05) is 32.1 Å². The minimum Gasteiger partial charge on any atom is -0.481 e. The van der Waals surface area contributed by atoms with E-state index < -0.39 is 147 Å².